The largest absolute Gasteiger partial charge is 0.396 e. The van der Waals surface area contributed by atoms with Gasteiger partial charge < -0.3 is 15.7 Å². The van der Waals surface area contributed by atoms with Gasteiger partial charge in [-0.25, -0.2) is 4.79 Å². The summed E-state index contributed by atoms with van der Waals surface area (Å²) in [5.41, 5.74) is 5.21. The number of hydrogen-bond donors (Lipinski definition) is 2. The molecular weight excluding hydrogens is 156 g/mol. The molecule has 0 aromatic rings. The summed E-state index contributed by atoms with van der Waals surface area (Å²) in [6, 6.07) is 0.0440. The van der Waals surface area contributed by atoms with Gasteiger partial charge in [0.15, 0.2) is 0 Å². The van der Waals surface area contributed by atoms with E-state index in [4.69, 9.17) is 10.8 Å². The molecule has 0 saturated heterocycles. The molecule has 0 spiro atoms. The predicted molar refractivity (Wildman–Crippen MR) is 45.6 cm³/mol. The molecule has 0 aromatic heterocycles. The molecular formula is C8H16N2O2. The van der Waals surface area contributed by atoms with E-state index in [1.165, 1.54) is 0 Å². The van der Waals surface area contributed by atoms with Crippen LogP contribution >= 0.6 is 0 Å². The van der Waals surface area contributed by atoms with Crippen LogP contribution < -0.4 is 5.73 Å². The lowest BCUT2D eigenvalue weighted by atomic mass is 10.2. The van der Waals surface area contributed by atoms with E-state index in [0.717, 1.165) is 12.8 Å². The second-order valence-corrected chi connectivity index (χ2v) is 3.34. The number of primary amides is 1. The van der Waals surface area contributed by atoms with Crippen LogP contribution in [0.4, 0.5) is 4.79 Å². The van der Waals surface area contributed by atoms with Crippen molar-refractivity contribution in [1.82, 2.24) is 4.90 Å². The van der Waals surface area contributed by atoms with Crippen molar-refractivity contribution in [3.8, 4) is 0 Å². The van der Waals surface area contributed by atoms with Gasteiger partial charge in [-0.3, -0.25) is 0 Å². The maximum absolute atomic E-state index is 11.0. The fourth-order valence-corrected chi connectivity index (χ4v) is 1.44. The highest BCUT2D eigenvalue weighted by Crippen LogP contribution is 2.28. The summed E-state index contributed by atoms with van der Waals surface area (Å²) in [6.45, 7) is 2.02. The van der Waals surface area contributed by atoms with E-state index in [-0.39, 0.29) is 18.7 Å². The van der Waals surface area contributed by atoms with Crippen LogP contribution in [0.1, 0.15) is 26.2 Å². The highest BCUT2D eigenvalue weighted by atomic mass is 16.3. The lowest BCUT2D eigenvalue weighted by Crippen LogP contribution is -2.44. The zero-order chi connectivity index (χ0) is 9.14. The fraction of sp³-hybridized carbons (Fsp3) is 0.875. The third-order valence-corrected chi connectivity index (χ3v) is 2.22. The number of nitrogens with two attached hydrogens (primary N) is 1. The SMILES string of the molecule is CC(CCO)N(C(N)=O)C1CC1. The van der Waals surface area contributed by atoms with E-state index in [2.05, 4.69) is 0 Å². The van der Waals surface area contributed by atoms with Gasteiger partial charge in [-0.1, -0.05) is 0 Å². The molecule has 1 aliphatic rings. The number of carbonyl (C=O) groups excluding carboxylic acids is 1. The summed E-state index contributed by atoms with van der Waals surface area (Å²) < 4.78 is 0. The van der Waals surface area contributed by atoms with Crippen LogP contribution in [0, 0.1) is 0 Å². The molecule has 0 radical (unpaired) electrons. The van der Waals surface area contributed by atoms with Crippen molar-refractivity contribution in [3.05, 3.63) is 0 Å². The lowest BCUT2D eigenvalue weighted by molar-refractivity contribution is 0.166. The first-order chi connectivity index (χ1) is 5.66. The standard InChI is InChI=1S/C8H16N2O2/c1-6(4-5-11)10(8(9)12)7-2-3-7/h6-7,11H,2-5H2,1H3,(H2,9,12). The Labute approximate surface area is 72.3 Å². The van der Waals surface area contributed by atoms with Gasteiger partial charge in [0.05, 0.1) is 0 Å². The number of nitrogens with zero attached hydrogens (tertiary/aromatic N) is 1. The van der Waals surface area contributed by atoms with Crippen LogP contribution in [-0.2, 0) is 0 Å². The third kappa shape index (κ3) is 2.11. The molecule has 1 rings (SSSR count). The zero-order valence-corrected chi connectivity index (χ0v) is 7.36. The molecule has 12 heavy (non-hydrogen) atoms. The van der Waals surface area contributed by atoms with Gasteiger partial charge >= 0.3 is 6.03 Å². The van der Waals surface area contributed by atoms with Gasteiger partial charge in [-0.15, -0.1) is 0 Å². The Morgan fingerprint density at radius 3 is 2.67 bits per heavy atom. The number of urea groups is 1. The lowest BCUT2D eigenvalue weighted by Gasteiger charge is -2.26. The van der Waals surface area contributed by atoms with Crippen LogP contribution in [0.15, 0.2) is 0 Å². The molecule has 1 fully saturated rings. The fourth-order valence-electron chi connectivity index (χ4n) is 1.44. The van der Waals surface area contributed by atoms with Gasteiger partial charge in [0.1, 0.15) is 0 Å². The highest BCUT2D eigenvalue weighted by Gasteiger charge is 2.34. The minimum absolute atomic E-state index is 0.0694. The molecule has 0 bridgehead atoms. The van der Waals surface area contributed by atoms with Gasteiger partial charge in [0, 0.05) is 18.7 Å². The molecule has 2 amide bonds. The quantitative estimate of drug-likeness (QED) is 0.640. The monoisotopic (exact) mass is 172 g/mol. The Balaban J connectivity index is 2.46. The molecule has 1 aliphatic carbocycles. The number of carbonyl (C=O) groups is 1. The highest BCUT2D eigenvalue weighted by molar-refractivity contribution is 5.73. The summed E-state index contributed by atoms with van der Waals surface area (Å²) >= 11 is 0. The minimum Gasteiger partial charge on any atom is -0.396 e. The predicted octanol–water partition coefficient (Wildman–Crippen LogP) is 0.300. The van der Waals surface area contributed by atoms with E-state index < -0.39 is 0 Å². The Kier molecular flexibility index (Phi) is 2.92. The average Bonchev–Trinajstić information content (AvgIpc) is 2.71. The molecule has 4 heteroatoms. The molecule has 1 saturated carbocycles. The normalized spacial score (nSPS) is 18.8. The number of aliphatic hydroxyl groups excluding tert-OH is 1. The Hall–Kier alpha value is -0.770. The minimum atomic E-state index is -0.363. The third-order valence-electron chi connectivity index (χ3n) is 2.22. The van der Waals surface area contributed by atoms with E-state index in [1.807, 2.05) is 6.92 Å². The number of rotatable bonds is 4. The zero-order valence-electron chi connectivity index (χ0n) is 7.36. The first-order valence-corrected chi connectivity index (χ1v) is 4.35. The van der Waals surface area contributed by atoms with Crippen LogP contribution in [0.2, 0.25) is 0 Å². The molecule has 0 aromatic carbocycles. The summed E-state index contributed by atoms with van der Waals surface area (Å²) in [5, 5.41) is 8.69. The summed E-state index contributed by atoms with van der Waals surface area (Å²) in [4.78, 5) is 12.6. The van der Waals surface area contributed by atoms with E-state index in [9.17, 15) is 4.79 Å². The average molecular weight is 172 g/mol. The molecule has 70 valence electrons. The van der Waals surface area contributed by atoms with Crippen molar-refractivity contribution in [3.63, 3.8) is 0 Å². The van der Waals surface area contributed by atoms with E-state index in [1.54, 1.807) is 4.90 Å². The van der Waals surface area contributed by atoms with Gasteiger partial charge in [-0.05, 0) is 26.2 Å². The second kappa shape index (κ2) is 3.76. The number of aliphatic hydroxyl groups is 1. The summed E-state index contributed by atoms with van der Waals surface area (Å²) in [7, 11) is 0. The number of amides is 2. The summed E-state index contributed by atoms with van der Waals surface area (Å²) in [6.07, 6.45) is 2.72. The molecule has 1 atom stereocenters. The van der Waals surface area contributed by atoms with Crippen molar-refractivity contribution in [2.75, 3.05) is 6.61 Å². The molecule has 0 heterocycles. The van der Waals surface area contributed by atoms with Gasteiger partial charge in [-0.2, -0.15) is 0 Å². The van der Waals surface area contributed by atoms with Crippen molar-refractivity contribution < 1.29 is 9.90 Å². The topological polar surface area (TPSA) is 66.6 Å². The smallest absolute Gasteiger partial charge is 0.315 e. The first kappa shape index (κ1) is 9.32. The second-order valence-electron chi connectivity index (χ2n) is 3.34. The van der Waals surface area contributed by atoms with Gasteiger partial charge in [0.2, 0.25) is 0 Å². The van der Waals surface area contributed by atoms with Crippen LogP contribution in [0.25, 0.3) is 0 Å². The Bertz CT molecular complexity index is 168. The van der Waals surface area contributed by atoms with Crippen LogP contribution in [-0.4, -0.2) is 34.7 Å². The molecule has 3 N–H and O–H groups in total. The Morgan fingerprint density at radius 1 is 1.75 bits per heavy atom. The number of hydrogen-bond acceptors (Lipinski definition) is 2. The van der Waals surface area contributed by atoms with E-state index in [0.29, 0.717) is 12.5 Å². The van der Waals surface area contributed by atoms with Crippen molar-refractivity contribution in [2.24, 2.45) is 5.73 Å². The van der Waals surface area contributed by atoms with Crippen molar-refractivity contribution in [2.45, 2.75) is 38.3 Å². The van der Waals surface area contributed by atoms with Crippen molar-refractivity contribution in [1.29, 1.82) is 0 Å². The molecule has 1 unspecified atom stereocenters. The summed E-state index contributed by atoms with van der Waals surface area (Å²) in [5.74, 6) is 0. The molecule has 4 nitrogen and oxygen atoms in total. The van der Waals surface area contributed by atoms with E-state index >= 15 is 0 Å². The first-order valence-electron chi connectivity index (χ1n) is 4.35. The van der Waals surface area contributed by atoms with Crippen LogP contribution in [0.5, 0.6) is 0 Å². The van der Waals surface area contributed by atoms with Crippen molar-refractivity contribution >= 4 is 6.03 Å². The maximum Gasteiger partial charge on any atom is 0.315 e. The van der Waals surface area contributed by atoms with Gasteiger partial charge in [0.25, 0.3) is 0 Å². The molecule has 0 aliphatic heterocycles. The maximum atomic E-state index is 11.0. The van der Waals surface area contributed by atoms with Crippen LogP contribution in [0.3, 0.4) is 0 Å². The Morgan fingerprint density at radius 2 is 2.33 bits per heavy atom.